The zero-order chi connectivity index (χ0) is 12.4. The average Bonchev–Trinajstić information content (AvgIpc) is 2.33. The zero-order valence-electron chi connectivity index (χ0n) is 9.08. The minimum absolute atomic E-state index is 0.0516. The second-order valence-corrected chi connectivity index (χ2v) is 4.03. The van der Waals surface area contributed by atoms with Crippen molar-refractivity contribution in [2.75, 3.05) is 0 Å². The van der Waals surface area contributed by atoms with E-state index in [1.807, 2.05) is 0 Å². The van der Waals surface area contributed by atoms with Crippen LogP contribution in [0.2, 0.25) is 5.02 Å². The Balaban J connectivity index is 2.57. The van der Waals surface area contributed by atoms with Crippen LogP contribution >= 0.6 is 11.6 Å². The fourth-order valence-corrected chi connectivity index (χ4v) is 1.68. The van der Waals surface area contributed by atoms with Crippen LogP contribution in [-0.2, 0) is 0 Å². The number of carbonyl (C=O) groups is 1. The molecule has 0 atom stereocenters. The van der Waals surface area contributed by atoms with E-state index < -0.39 is 5.82 Å². The lowest BCUT2D eigenvalue weighted by Gasteiger charge is -2.05. The van der Waals surface area contributed by atoms with Crippen molar-refractivity contribution in [2.24, 2.45) is 0 Å². The lowest BCUT2D eigenvalue weighted by atomic mass is 10.0. The first kappa shape index (κ1) is 11.7. The van der Waals surface area contributed by atoms with Crippen LogP contribution in [-0.4, -0.2) is 10.8 Å². The van der Waals surface area contributed by atoms with Gasteiger partial charge in [0.1, 0.15) is 5.82 Å². The van der Waals surface area contributed by atoms with Gasteiger partial charge >= 0.3 is 0 Å². The maximum Gasteiger partial charge on any atom is 0.161 e. The van der Waals surface area contributed by atoms with Crippen molar-refractivity contribution in [3.63, 3.8) is 0 Å². The van der Waals surface area contributed by atoms with Crippen molar-refractivity contribution in [1.29, 1.82) is 0 Å². The molecule has 1 aromatic heterocycles. The third-order valence-corrected chi connectivity index (χ3v) is 2.70. The van der Waals surface area contributed by atoms with Gasteiger partial charge in [0.05, 0.1) is 5.02 Å². The summed E-state index contributed by atoms with van der Waals surface area (Å²) in [5, 5.41) is 0.0516. The summed E-state index contributed by atoms with van der Waals surface area (Å²) in [5.74, 6) is -0.613. The quantitative estimate of drug-likeness (QED) is 0.759. The van der Waals surface area contributed by atoms with Crippen LogP contribution in [0.1, 0.15) is 17.3 Å². The van der Waals surface area contributed by atoms with Gasteiger partial charge in [-0.2, -0.15) is 0 Å². The Labute approximate surface area is 103 Å². The molecular formula is C13H9ClFNO. The highest BCUT2D eigenvalue weighted by atomic mass is 35.5. The Morgan fingerprint density at radius 2 is 2.12 bits per heavy atom. The molecular weight excluding hydrogens is 241 g/mol. The number of pyridine rings is 1. The first-order chi connectivity index (χ1) is 8.09. The van der Waals surface area contributed by atoms with E-state index in [4.69, 9.17) is 11.6 Å². The summed E-state index contributed by atoms with van der Waals surface area (Å²) in [7, 11) is 0. The number of benzene rings is 1. The van der Waals surface area contributed by atoms with Crippen LogP contribution in [0, 0.1) is 5.82 Å². The number of halogens is 2. The normalized spacial score (nSPS) is 10.3. The third-order valence-electron chi connectivity index (χ3n) is 2.41. The monoisotopic (exact) mass is 249 g/mol. The minimum Gasteiger partial charge on any atom is -0.294 e. The highest BCUT2D eigenvalue weighted by Gasteiger charge is 2.10. The minimum atomic E-state index is -0.503. The van der Waals surface area contributed by atoms with Gasteiger partial charge in [-0.1, -0.05) is 23.7 Å². The van der Waals surface area contributed by atoms with Gasteiger partial charge in [-0.25, -0.2) is 4.39 Å². The van der Waals surface area contributed by atoms with Crippen LogP contribution in [0.3, 0.4) is 0 Å². The van der Waals surface area contributed by atoms with E-state index in [1.165, 1.54) is 25.4 Å². The van der Waals surface area contributed by atoms with E-state index in [-0.39, 0.29) is 10.8 Å². The molecule has 86 valence electrons. The van der Waals surface area contributed by atoms with E-state index in [2.05, 4.69) is 4.98 Å². The van der Waals surface area contributed by atoms with Crippen molar-refractivity contribution < 1.29 is 9.18 Å². The van der Waals surface area contributed by atoms with Gasteiger partial charge in [0.25, 0.3) is 0 Å². The van der Waals surface area contributed by atoms with Gasteiger partial charge in [-0.3, -0.25) is 9.78 Å². The van der Waals surface area contributed by atoms with Crippen LogP contribution in [0.5, 0.6) is 0 Å². The van der Waals surface area contributed by atoms with Gasteiger partial charge < -0.3 is 0 Å². The largest absolute Gasteiger partial charge is 0.294 e. The summed E-state index contributed by atoms with van der Waals surface area (Å²) >= 11 is 5.70. The molecule has 1 aromatic carbocycles. The molecule has 0 amide bonds. The molecule has 0 saturated heterocycles. The maximum atomic E-state index is 13.8. The molecule has 0 N–H and O–H groups in total. The summed E-state index contributed by atoms with van der Waals surface area (Å²) in [6, 6.07) is 6.33. The molecule has 1 heterocycles. The lowest BCUT2D eigenvalue weighted by molar-refractivity contribution is 0.101. The van der Waals surface area contributed by atoms with E-state index in [1.54, 1.807) is 18.2 Å². The predicted molar refractivity (Wildman–Crippen MR) is 64.6 cm³/mol. The lowest BCUT2D eigenvalue weighted by Crippen LogP contribution is -1.94. The van der Waals surface area contributed by atoms with Crippen molar-refractivity contribution in [2.45, 2.75) is 6.92 Å². The first-order valence-electron chi connectivity index (χ1n) is 5.00. The Hall–Kier alpha value is -1.74. The molecule has 0 saturated carbocycles. The van der Waals surface area contributed by atoms with Gasteiger partial charge in [-0.15, -0.1) is 0 Å². The molecule has 4 heteroatoms. The summed E-state index contributed by atoms with van der Waals surface area (Å²) in [6.45, 7) is 1.44. The fourth-order valence-electron chi connectivity index (χ4n) is 1.51. The molecule has 0 radical (unpaired) electrons. The molecule has 0 bridgehead atoms. The Kier molecular flexibility index (Phi) is 3.20. The number of aromatic nitrogens is 1. The molecule has 0 fully saturated rings. The smallest absolute Gasteiger partial charge is 0.161 e. The van der Waals surface area contributed by atoms with Crippen LogP contribution < -0.4 is 0 Å². The van der Waals surface area contributed by atoms with Crippen molar-refractivity contribution in [3.05, 3.63) is 53.1 Å². The van der Waals surface area contributed by atoms with Crippen LogP contribution in [0.25, 0.3) is 11.1 Å². The highest BCUT2D eigenvalue weighted by molar-refractivity contribution is 6.31. The van der Waals surface area contributed by atoms with E-state index in [9.17, 15) is 9.18 Å². The Bertz CT molecular complexity index is 583. The SMILES string of the molecule is CC(=O)c1cncc(-c2cccc(Cl)c2F)c1. The van der Waals surface area contributed by atoms with Gasteiger partial charge in [-0.05, 0) is 19.1 Å². The van der Waals surface area contributed by atoms with E-state index in [0.717, 1.165) is 0 Å². The molecule has 17 heavy (non-hydrogen) atoms. The second kappa shape index (κ2) is 4.63. The van der Waals surface area contributed by atoms with Crippen LogP contribution in [0.4, 0.5) is 4.39 Å². The zero-order valence-corrected chi connectivity index (χ0v) is 9.83. The molecule has 2 nitrogen and oxygen atoms in total. The highest BCUT2D eigenvalue weighted by Crippen LogP contribution is 2.27. The summed E-state index contributed by atoms with van der Waals surface area (Å²) in [6.07, 6.45) is 2.95. The van der Waals surface area contributed by atoms with Gasteiger partial charge in [0.2, 0.25) is 0 Å². The number of carbonyl (C=O) groups excluding carboxylic acids is 1. The molecule has 0 aliphatic rings. The number of hydrogen-bond donors (Lipinski definition) is 0. The van der Waals surface area contributed by atoms with E-state index in [0.29, 0.717) is 16.7 Å². The summed E-state index contributed by atoms with van der Waals surface area (Å²) < 4.78 is 13.8. The molecule has 0 unspecified atom stereocenters. The predicted octanol–water partition coefficient (Wildman–Crippen LogP) is 3.74. The molecule has 0 aliphatic carbocycles. The molecule has 2 rings (SSSR count). The molecule has 0 spiro atoms. The third kappa shape index (κ3) is 2.34. The summed E-state index contributed by atoms with van der Waals surface area (Å²) in [4.78, 5) is 15.1. The maximum absolute atomic E-state index is 13.8. The summed E-state index contributed by atoms with van der Waals surface area (Å²) in [5.41, 5.74) is 1.33. The van der Waals surface area contributed by atoms with Crippen molar-refractivity contribution >= 4 is 17.4 Å². The average molecular weight is 250 g/mol. The van der Waals surface area contributed by atoms with E-state index >= 15 is 0 Å². The van der Waals surface area contributed by atoms with Gasteiger partial charge in [0.15, 0.2) is 5.78 Å². The van der Waals surface area contributed by atoms with Crippen molar-refractivity contribution in [1.82, 2.24) is 4.98 Å². The van der Waals surface area contributed by atoms with Crippen molar-refractivity contribution in [3.8, 4) is 11.1 Å². The number of nitrogens with zero attached hydrogens (tertiary/aromatic N) is 1. The first-order valence-corrected chi connectivity index (χ1v) is 5.38. The van der Waals surface area contributed by atoms with Crippen LogP contribution in [0.15, 0.2) is 36.7 Å². The number of hydrogen-bond acceptors (Lipinski definition) is 2. The second-order valence-electron chi connectivity index (χ2n) is 3.62. The Morgan fingerprint density at radius 3 is 2.82 bits per heavy atom. The number of ketones is 1. The molecule has 2 aromatic rings. The number of rotatable bonds is 2. The van der Waals surface area contributed by atoms with Gasteiger partial charge in [0, 0.05) is 29.1 Å². The number of Topliss-reactive ketones (excluding diaryl/α,β-unsaturated/α-hetero) is 1. The topological polar surface area (TPSA) is 30.0 Å². The fraction of sp³-hybridized carbons (Fsp3) is 0.0769. The standard InChI is InChI=1S/C13H9ClFNO/c1-8(17)9-5-10(7-16-6-9)11-3-2-4-12(14)13(11)15/h2-7H,1H3. The molecule has 0 aliphatic heterocycles. The Morgan fingerprint density at radius 1 is 1.35 bits per heavy atom.